The van der Waals surface area contributed by atoms with Gasteiger partial charge in [0.15, 0.2) is 0 Å². The van der Waals surface area contributed by atoms with Gasteiger partial charge in [0.2, 0.25) is 17.7 Å². The van der Waals surface area contributed by atoms with E-state index >= 15 is 0 Å². The number of likely N-dealkylation sites (tertiary alicyclic amines) is 1. The molecule has 0 radical (unpaired) electrons. The smallest absolute Gasteiger partial charge is 0.249 e. The molecule has 2 rings (SSSR count). The molecule has 1 aromatic rings. The fraction of sp³-hybridized carbons (Fsp3) is 0.516. The molecule has 1 aliphatic heterocycles. The summed E-state index contributed by atoms with van der Waals surface area (Å²) in [6.07, 6.45) is 12.9. The minimum absolute atomic E-state index is 0.122. The van der Waals surface area contributed by atoms with Crippen LogP contribution in [0.25, 0.3) is 6.08 Å². The SMILES string of the molecule is C=C/C=C(\C)CC1(C(=O)N(C=C)N(C)C)CCCN(C(=O)[C@@H](Cc2c[nH]c(/C=C\C)c2C)NC(=O)C(C)(C)N)C1. The first-order valence-electron chi connectivity index (χ1n) is 13.8. The molecule has 0 spiro atoms. The number of hydrogen-bond acceptors (Lipinski definition) is 5. The number of hydrogen-bond donors (Lipinski definition) is 3. The van der Waals surface area contributed by atoms with E-state index in [4.69, 9.17) is 5.73 Å². The first kappa shape index (κ1) is 32.8. The lowest BCUT2D eigenvalue weighted by Gasteiger charge is -2.45. The van der Waals surface area contributed by atoms with Crippen molar-refractivity contribution in [2.75, 3.05) is 27.2 Å². The van der Waals surface area contributed by atoms with Crippen molar-refractivity contribution in [3.63, 3.8) is 0 Å². The molecule has 1 fully saturated rings. The molecule has 1 aliphatic rings. The number of nitrogens with zero attached hydrogens (tertiary/aromatic N) is 3. The molecule has 0 aromatic carbocycles. The molecule has 220 valence electrons. The average molecular weight is 553 g/mol. The Morgan fingerprint density at radius 2 is 1.98 bits per heavy atom. The summed E-state index contributed by atoms with van der Waals surface area (Å²) in [4.78, 5) is 46.1. The summed E-state index contributed by atoms with van der Waals surface area (Å²) in [6.45, 7) is 17.5. The third-order valence-corrected chi connectivity index (χ3v) is 7.41. The summed E-state index contributed by atoms with van der Waals surface area (Å²) >= 11 is 0. The molecule has 2 atom stereocenters. The van der Waals surface area contributed by atoms with E-state index in [-0.39, 0.29) is 18.4 Å². The Morgan fingerprint density at radius 3 is 2.52 bits per heavy atom. The van der Waals surface area contributed by atoms with E-state index in [0.717, 1.165) is 22.4 Å². The minimum atomic E-state index is -1.16. The van der Waals surface area contributed by atoms with Crippen LogP contribution in [-0.4, -0.2) is 76.4 Å². The topological polar surface area (TPSA) is 115 Å². The predicted molar refractivity (Wildman–Crippen MR) is 162 cm³/mol. The second-order valence-electron chi connectivity index (χ2n) is 11.6. The summed E-state index contributed by atoms with van der Waals surface area (Å²) < 4.78 is 0. The Morgan fingerprint density at radius 1 is 1.30 bits per heavy atom. The first-order valence-corrected chi connectivity index (χ1v) is 13.8. The highest BCUT2D eigenvalue weighted by Crippen LogP contribution is 2.39. The van der Waals surface area contributed by atoms with Gasteiger partial charge in [-0.15, -0.1) is 0 Å². The number of H-pyrrole nitrogens is 1. The summed E-state index contributed by atoms with van der Waals surface area (Å²) in [5.41, 5.74) is 7.95. The van der Waals surface area contributed by atoms with Crippen LogP contribution in [0.15, 0.2) is 49.4 Å². The molecule has 4 N–H and O–H groups in total. The Balaban J connectivity index is 2.49. The zero-order valence-electron chi connectivity index (χ0n) is 25.3. The standard InChI is InChI=1S/C31H48N6O3/c1-10-14-22(4)19-31(29(40)37(12-3)35(8)9)16-13-17-36(21-31)27(38)26(34-28(39)30(6,7)32)18-24-20-33-25(15-11-2)23(24)5/h10-12,14-15,20,26,33H,1,3,13,16-19,21,32H2,2,4-9H3,(H,34,39)/b15-11-,22-14+/t26-,31?/m1/s1. The Labute approximate surface area is 239 Å². The van der Waals surface area contributed by atoms with E-state index in [1.54, 1.807) is 43.9 Å². The normalized spacial score (nSPS) is 19.0. The lowest BCUT2D eigenvalue weighted by Crippen LogP contribution is -2.60. The number of aromatic amines is 1. The van der Waals surface area contributed by atoms with E-state index < -0.39 is 22.9 Å². The summed E-state index contributed by atoms with van der Waals surface area (Å²) in [5.74, 6) is -0.770. The Hall–Kier alpha value is -3.43. The third-order valence-electron chi connectivity index (χ3n) is 7.41. The number of nitrogens with two attached hydrogens (primary N) is 1. The number of hydrazine groups is 1. The van der Waals surface area contributed by atoms with Crippen molar-refractivity contribution >= 4 is 23.8 Å². The summed E-state index contributed by atoms with van der Waals surface area (Å²) in [7, 11) is 3.57. The molecular weight excluding hydrogens is 504 g/mol. The van der Waals surface area contributed by atoms with Crippen LogP contribution in [0.4, 0.5) is 0 Å². The van der Waals surface area contributed by atoms with Gasteiger partial charge in [-0.3, -0.25) is 19.4 Å². The maximum absolute atomic E-state index is 14.2. The maximum atomic E-state index is 14.2. The van der Waals surface area contributed by atoms with Gasteiger partial charge in [-0.25, -0.2) is 5.01 Å². The van der Waals surface area contributed by atoms with Gasteiger partial charge in [-0.1, -0.05) is 37.0 Å². The molecule has 0 bridgehead atoms. The quantitative estimate of drug-likeness (QED) is 0.270. The van der Waals surface area contributed by atoms with Gasteiger partial charge >= 0.3 is 0 Å². The summed E-state index contributed by atoms with van der Waals surface area (Å²) in [6, 6.07) is -0.844. The molecule has 40 heavy (non-hydrogen) atoms. The van der Waals surface area contributed by atoms with Crippen molar-refractivity contribution < 1.29 is 14.4 Å². The molecule has 2 heterocycles. The Bertz CT molecular complexity index is 1160. The van der Waals surface area contributed by atoms with E-state index in [1.807, 2.05) is 45.2 Å². The molecule has 1 saturated heterocycles. The summed E-state index contributed by atoms with van der Waals surface area (Å²) in [5, 5.41) is 6.09. The monoisotopic (exact) mass is 552 g/mol. The fourth-order valence-electron chi connectivity index (χ4n) is 5.27. The van der Waals surface area contributed by atoms with Crippen LogP contribution in [0.5, 0.6) is 0 Å². The van der Waals surface area contributed by atoms with Gasteiger partial charge in [0, 0.05) is 51.7 Å². The van der Waals surface area contributed by atoms with Crippen LogP contribution in [0, 0.1) is 12.3 Å². The third kappa shape index (κ3) is 7.82. The average Bonchev–Trinajstić information content (AvgIpc) is 3.21. The first-order chi connectivity index (χ1) is 18.7. The number of aromatic nitrogens is 1. The number of carbonyl (C=O) groups is 3. The molecule has 9 nitrogen and oxygen atoms in total. The number of piperidine rings is 1. The van der Waals surface area contributed by atoms with Gasteiger partial charge in [0.25, 0.3) is 0 Å². The molecule has 9 heteroatoms. The number of amides is 3. The number of nitrogens with one attached hydrogen (secondary N) is 2. The lowest BCUT2D eigenvalue weighted by molar-refractivity contribution is -0.157. The van der Waals surface area contributed by atoms with E-state index in [9.17, 15) is 14.4 Å². The van der Waals surface area contributed by atoms with Gasteiger partial charge in [0.1, 0.15) is 6.04 Å². The molecule has 0 saturated carbocycles. The highest BCUT2D eigenvalue weighted by Gasteiger charge is 2.46. The molecule has 1 aromatic heterocycles. The van der Waals surface area contributed by atoms with Crippen LogP contribution in [0.1, 0.15) is 63.8 Å². The highest BCUT2D eigenvalue weighted by molar-refractivity contribution is 5.92. The number of rotatable bonds is 12. The van der Waals surface area contributed by atoms with Gasteiger partial charge in [-0.05, 0) is 71.1 Å². The van der Waals surface area contributed by atoms with E-state index in [0.29, 0.717) is 32.2 Å². The van der Waals surface area contributed by atoms with Crippen molar-refractivity contribution in [3.8, 4) is 0 Å². The fourth-order valence-corrected chi connectivity index (χ4v) is 5.27. The Kier molecular flexibility index (Phi) is 11.3. The van der Waals surface area contributed by atoms with Gasteiger partial charge in [-0.2, -0.15) is 0 Å². The lowest BCUT2D eigenvalue weighted by atomic mass is 9.73. The highest BCUT2D eigenvalue weighted by atomic mass is 16.2. The van der Waals surface area contributed by atoms with Crippen molar-refractivity contribution in [1.29, 1.82) is 0 Å². The van der Waals surface area contributed by atoms with Crippen molar-refractivity contribution in [3.05, 3.63) is 66.2 Å². The minimum Gasteiger partial charge on any atom is -0.361 e. The second-order valence-corrected chi connectivity index (χ2v) is 11.6. The van der Waals surface area contributed by atoms with Crippen molar-refractivity contribution in [2.45, 2.75) is 71.9 Å². The van der Waals surface area contributed by atoms with Crippen LogP contribution in [0.3, 0.4) is 0 Å². The number of allylic oxidation sites excluding steroid dienone is 4. The van der Waals surface area contributed by atoms with E-state index in [1.165, 1.54) is 11.2 Å². The van der Waals surface area contributed by atoms with Gasteiger partial charge < -0.3 is 20.9 Å². The molecule has 3 amide bonds. The maximum Gasteiger partial charge on any atom is 0.249 e. The zero-order valence-corrected chi connectivity index (χ0v) is 25.3. The number of carbonyl (C=O) groups excluding carboxylic acids is 3. The van der Waals surface area contributed by atoms with Crippen molar-refractivity contribution in [2.24, 2.45) is 11.1 Å². The zero-order chi connectivity index (χ0) is 30.3. The van der Waals surface area contributed by atoms with E-state index in [2.05, 4.69) is 23.5 Å². The molecular formula is C31H48N6O3. The molecule has 0 aliphatic carbocycles. The van der Waals surface area contributed by atoms with Crippen molar-refractivity contribution in [1.82, 2.24) is 25.2 Å². The molecule has 1 unspecified atom stereocenters. The predicted octanol–water partition coefficient (Wildman–Crippen LogP) is 3.70. The van der Waals surface area contributed by atoms with Gasteiger partial charge in [0.05, 0.1) is 11.0 Å². The van der Waals surface area contributed by atoms with Crippen LogP contribution in [-0.2, 0) is 20.8 Å². The van der Waals surface area contributed by atoms with Crippen LogP contribution >= 0.6 is 0 Å². The van der Waals surface area contributed by atoms with Crippen LogP contribution < -0.4 is 11.1 Å². The largest absolute Gasteiger partial charge is 0.361 e. The van der Waals surface area contributed by atoms with Crippen LogP contribution in [0.2, 0.25) is 0 Å². The second kappa shape index (κ2) is 13.8.